The van der Waals surface area contributed by atoms with Gasteiger partial charge in [-0.1, -0.05) is 17.7 Å². The molecule has 4 heteroatoms. The molecule has 0 aromatic heterocycles. The van der Waals surface area contributed by atoms with Gasteiger partial charge in [0.15, 0.2) is 0 Å². The number of ether oxygens (including phenoxy) is 1. The van der Waals surface area contributed by atoms with E-state index in [1.165, 1.54) is 6.92 Å². The highest BCUT2D eigenvalue weighted by atomic mass is 35.5. The number of carbonyl (C=O) groups excluding carboxylic acids is 1. The van der Waals surface area contributed by atoms with Crippen molar-refractivity contribution in [1.29, 1.82) is 0 Å². The summed E-state index contributed by atoms with van der Waals surface area (Å²) in [6.45, 7) is 2.04. The fourth-order valence-corrected chi connectivity index (χ4v) is 1.38. The first kappa shape index (κ1) is 11.9. The molecule has 3 nitrogen and oxygen atoms in total. The number of rotatable bonds is 3. The number of halogens is 1. The maximum absolute atomic E-state index is 11.0. The largest absolute Gasteiger partial charge is 0.497 e. The highest BCUT2D eigenvalue weighted by Crippen LogP contribution is 2.23. The Bertz CT molecular complexity index is 366. The average Bonchev–Trinajstić information content (AvgIpc) is 2.20. The minimum Gasteiger partial charge on any atom is -0.497 e. The lowest BCUT2D eigenvalue weighted by molar-refractivity contribution is -0.128. The van der Waals surface area contributed by atoms with Crippen LogP contribution in [0, 0.1) is 0 Å². The summed E-state index contributed by atoms with van der Waals surface area (Å²) >= 11 is 6.04. The van der Waals surface area contributed by atoms with Crippen LogP contribution < -0.4 is 4.74 Å². The van der Waals surface area contributed by atoms with E-state index in [9.17, 15) is 4.79 Å². The van der Waals surface area contributed by atoms with E-state index in [1.54, 1.807) is 25.1 Å². The molecule has 0 radical (unpaired) electrons. The van der Waals surface area contributed by atoms with Crippen molar-refractivity contribution in [1.82, 2.24) is 4.90 Å². The van der Waals surface area contributed by atoms with Crippen molar-refractivity contribution in [3.63, 3.8) is 0 Å². The molecule has 0 atom stereocenters. The third-order valence-corrected chi connectivity index (χ3v) is 2.56. The summed E-state index contributed by atoms with van der Waals surface area (Å²) in [5.74, 6) is 0.733. The van der Waals surface area contributed by atoms with Crippen LogP contribution in [0.3, 0.4) is 0 Å². The van der Waals surface area contributed by atoms with E-state index >= 15 is 0 Å². The van der Waals surface area contributed by atoms with Crippen LogP contribution in [0.25, 0.3) is 0 Å². The summed E-state index contributed by atoms with van der Waals surface area (Å²) in [5.41, 5.74) is 0.912. The predicted octanol–water partition coefficient (Wildman–Crippen LogP) is 2.33. The number of amides is 1. The van der Waals surface area contributed by atoms with Gasteiger partial charge >= 0.3 is 0 Å². The Morgan fingerprint density at radius 2 is 2.20 bits per heavy atom. The summed E-state index contributed by atoms with van der Waals surface area (Å²) in [6.07, 6.45) is 0. The molecule has 0 aliphatic carbocycles. The molecule has 82 valence electrons. The van der Waals surface area contributed by atoms with Crippen LogP contribution in [0.15, 0.2) is 18.2 Å². The van der Waals surface area contributed by atoms with Crippen LogP contribution in [0.4, 0.5) is 0 Å². The first-order chi connectivity index (χ1) is 7.04. The van der Waals surface area contributed by atoms with Crippen LogP contribution in [-0.2, 0) is 11.3 Å². The van der Waals surface area contributed by atoms with Crippen molar-refractivity contribution in [2.45, 2.75) is 13.5 Å². The molecule has 1 rings (SSSR count). The summed E-state index contributed by atoms with van der Waals surface area (Å²) in [5, 5.41) is 0.613. The lowest BCUT2D eigenvalue weighted by Crippen LogP contribution is -2.23. The van der Waals surface area contributed by atoms with Crippen molar-refractivity contribution >= 4 is 17.5 Å². The molecule has 0 fully saturated rings. The van der Waals surface area contributed by atoms with Gasteiger partial charge in [0.2, 0.25) is 5.91 Å². The maximum Gasteiger partial charge on any atom is 0.219 e. The highest BCUT2D eigenvalue weighted by Gasteiger charge is 2.07. The fraction of sp³-hybridized carbons (Fsp3) is 0.364. The van der Waals surface area contributed by atoms with Crippen molar-refractivity contribution in [2.24, 2.45) is 0 Å². The van der Waals surface area contributed by atoms with E-state index in [4.69, 9.17) is 16.3 Å². The van der Waals surface area contributed by atoms with Gasteiger partial charge in [0.05, 0.1) is 7.11 Å². The SMILES string of the molecule is COc1ccc(CN(C)C(C)=O)c(Cl)c1. The minimum atomic E-state index is 0.0156. The summed E-state index contributed by atoms with van der Waals surface area (Å²) in [7, 11) is 3.33. The van der Waals surface area contributed by atoms with Crippen molar-refractivity contribution in [3.05, 3.63) is 28.8 Å². The molecule has 15 heavy (non-hydrogen) atoms. The molecule has 0 unspecified atom stereocenters. The molecular formula is C11H14ClNO2. The topological polar surface area (TPSA) is 29.5 Å². The maximum atomic E-state index is 11.0. The molecule has 0 saturated carbocycles. The summed E-state index contributed by atoms with van der Waals surface area (Å²) < 4.78 is 5.04. The van der Waals surface area contributed by atoms with Crippen LogP contribution in [0.5, 0.6) is 5.75 Å². The van der Waals surface area contributed by atoms with Gasteiger partial charge in [0.1, 0.15) is 5.75 Å². The third kappa shape index (κ3) is 3.13. The lowest BCUT2D eigenvalue weighted by atomic mass is 10.2. The molecule has 0 heterocycles. The van der Waals surface area contributed by atoms with Crippen molar-refractivity contribution in [2.75, 3.05) is 14.2 Å². The number of hydrogen-bond donors (Lipinski definition) is 0. The minimum absolute atomic E-state index is 0.0156. The van der Waals surface area contributed by atoms with Gasteiger partial charge in [-0.15, -0.1) is 0 Å². The lowest BCUT2D eigenvalue weighted by Gasteiger charge is -2.16. The van der Waals surface area contributed by atoms with Crippen LogP contribution in [0.2, 0.25) is 5.02 Å². The number of hydrogen-bond acceptors (Lipinski definition) is 2. The molecule has 0 aliphatic heterocycles. The second-order valence-electron chi connectivity index (χ2n) is 3.33. The monoisotopic (exact) mass is 227 g/mol. The van der Waals surface area contributed by atoms with Gasteiger partial charge in [0.25, 0.3) is 0 Å². The highest BCUT2D eigenvalue weighted by molar-refractivity contribution is 6.31. The zero-order valence-electron chi connectivity index (χ0n) is 9.08. The van der Waals surface area contributed by atoms with Crippen molar-refractivity contribution in [3.8, 4) is 5.75 Å². The standard InChI is InChI=1S/C11H14ClNO2/c1-8(14)13(2)7-9-4-5-10(15-3)6-11(9)12/h4-6H,7H2,1-3H3. The number of benzene rings is 1. The molecule has 0 N–H and O–H groups in total. The van der Waals surface area contributed by atoms with E-state index in [-0.39, 0.29) is 5.91 Å². The zero-order valence-corrected chi connectivity index (χ0v) is 9.84. The zero-order chi connectivity index (χ0) is 11.4. The molecule has 1 aromatic rings. The normalized spacial score (nSPS) is 9.87. The Hall–Kier alpha value is -1.22. The Kier molecular flexibility index (Phi) is 3.97. The van der Waals surface area contributed by atoms with Gasteiger partial charge in [-0.25, -0.2) is 0 Å². The van der Waals surface area contributed by atoms with Gasteiger partial charge in [-0.05, 0) is 17.7 Å². The van der Waals surface area contributed by atoms with E-state index in [2.05, 4.69) is 0 Å². The Labute approximate surface area is 94.6 Å². The molecular weight excluding hydrogens is 214 g/mol. The summed E-state index contributed by atoms with van der Waals surface area (Å²) in [4.78, 5) is 12.6. The van der Waals surface area contributed by atoms with Gasteiger partial charge < -0.3 is 9.64 Å². The first-order valence-electron chi connectivity index (χ1n) is 4.58. The van der Waals surface area contributed by atoms with E-state index in [1.807, 2.05) is 12.1 Å². The number of methoxy groups -OCH3 is 1. The van der Waals surface area contributed by atoms with E-state index in [0.29, 0.717) is 17.3 Å². The Morgan fingerprint density at radius 3 is 2.67 bits per heavy atom. The van der Waals surface area contributed by atoms with E-state index in [0.717, 1.165) is 5.56 Å². The number of carbonyl (C=O) groups is 1. The molecule has 0 aliphatic rings. The molecule has 1 aromatic carbocycles. The molecule has 0 saturated heterocycles. The van der Waals surface area contributed by atoms with Gasteiger partial charge in [0, 0.05) is 25.5 Å². The Morgan fingerprint density at radius 1 is 1.53 bits per heavy atom. The number of nitrogens with zero attached hydrogens (tertiary/aromatic N) is 1. The second kappa shape index (κ2) is 5.03. The van der Waals surface area contributed by atoms with E-state index < -0.39 is 0 Å². The third-order valence-electron chi connectivity index (χ3n) is 2.21. The average molecular weight is 228 g/mol. The summed E-state index contributed by atoms with van der Waals surface area (Å²) in [6, 6.07) is 5.43. The smallest absolute Gasteiger partial charge is 0.219 e. The second-order valence-corrected chi connectivity index (χ2v) is 3.74. The van der Waals surface area contributed by atoms with Gasteiger partial charge in [-0.3, -0.25) is 4.79 Å². The predicted molar refractivity (Wildman–Crippen MR) is 60.2 cm³/mol. The van der Waals surface area contributed by atoms with Crippen molar-refractivity contribution < 1.29 is 9.53 Å². The fourth-order valence-electron chi connectivity index (χ4n) is 1.15. The first-order valence-corrected chi connectivity index (χ1v) is 4.96. The quantitative estimate of drug-likeness (QED) is 0.793. The molecule has 1 amide bonds. The Balaban J connectivity index is 2.82. The van der Waals surface area contributed by atoms with Crippen LogP contribution >= 0.6 is 11.6 Å². The molecule has 0 spiro atoms. The van der Waals surface area contributed by atoms with Gasteiger partial charge in [-0.2, -0.15) is 0 Å². The van der Waals surface area contributed by atoms with Crippen LogP contribution in [-0.4, -0.2) is 25.0 Å². The molecule has 0 bridgehead atoms. The van der Waals surface area contributed by atoms with Crippen LogP contribution in [0.1, 0.15) is 12.5 Å².